The van der Waals surface area contributed by atoms with Crippen LogP contribution in [0.2, 0.25) is 0 Å². The number of hydrogen-bond acceptors (Lipinski definition) is 0. The molecule has 0 spiro atoms. The topological polar surface area (TPSA) is 0 Å². The fourth-order valence-electron chi connectivity index (χ4n) is 3.05. The minimum absolute atomic E-state index is 0.542. The minimum Gasteiger partial charge on any atom is -0.0651 e. The molecule has 0 rings (SSSR count). The Labute approximate surface area is 117 Å². The number of hydrogen-bond donors (Lipinski definition) is 0. The van der Waals surface area contributed by atoms with Gasteiger partial charge in [0.2, 0.25) is 0 Å². The first-order valence-electron chi connectivity index (χ1n) is 8.30. The van der Waals surface area contributed by atoms with Crippen molar-refractivity contribution in [1.82, 2.24) is 0 Å². The Morgan fingerprint density at radius 1 is 0.889 bits per heavy atom. The van der Waals surface area contributed by atoms with Gasteiger partial charge in [0.05, 0.1) is 0 Å². The Hall–Kier alpha value is 0. The molecule has 0 heteroatoms. The van der Waals surface area contributed by atoms with E-state index in [4.69, 9.17) is 0 Å². The van der Waals surface area contributed by atoms with Crippen molar-refractivity contribution in [3.63, 3.8) is 0 Å². The van der Waals surface area contributed by atoms with Crippen LogP contribution in [0.4, 0.5) is 0 Å². The van der Waals surface area contributed by atoms with Crippen LogP contribution in [-0.2, 0) is 0 Å². The van der Waals surface area contributed by atoms with Gasteiger partial charge in [0.15, 0.2) is 0 Å². The summed E-state index contributed by atoms with van der Waals surface area (Å²) >= 11 is 0. The first-order valence-corrected chi connectivity index (χ1v) is 8.30. The van der Waals surface area contributed by atoms with E-state index in [0.717, 1.165) is 23.7 Å². The highest BCUT2D eigenvalue weighted by Gasteiger charge is 2.32. The van der Waals surface area contributed by atoms with E-state index >= 15 is 0 Å². The van der Waals surface area contributed by atoms with Crippen LogP contribution in [0.5, 0.6) is 0 Å². The van der Waals surface area contributed by atoms with Gasteiger partial charge in [-0.2, -0.15) is 0 Å². The predicted octanol–water partition coefficient (Wildman–Crippen LogP) is 6.55. The van der Waals surface area contributed by atoms with Crippen molar-refractivity contribution in [3.05, 3.63) is 0 Å². The molecule has 3 unspecified atom stereocenters. The zero-order valence-corrected chi connectivity index (χ0v) is 14.3. The first kappa shape index (κ1) is 18.0. The van der Waals surface area contributed by atoms with Gasteiger partial charge in [-0.25, -0.2) is 0 Å². The molecule has 0 N–H and O–H groups in total. The molecule has 0 aromatic rings. The maximum atomic E-state index is 2.53. The summed E-state index contributed by atoms with van der Waals surface area (Å²) < 4.78 is 0. The maximum absolute atomic E-state index is 2.53. The van der Waals surface area contributed by atoms with Crippen LogP contribution in [0.3, 0.4) is 0 Å². The molecule has 0 aromatic heterocycles. The normalized spacial score (nSPS) is 19.0. The molecule has 0 saturated heterocycles. The molecule has 0 fully saturated rings. The van der Waals surface area contributed by atoms with Crippen LogP contribution in [0.25, 0.3) is 0 Å². The van der Waals surface area contributed by atoms with Gasteiger partial charge in [-0.3, -0.25) is 0 Å². The van der Waals surface area contributed by atoms with Gasteiger partial charge < -0.3 is 0 Å². The van der Waals surface area contributed by atoms with Crippen LogP contribution < -0.4 is 0 Å². The summed E-state index contributed by atoms with van der Waals surface area (Å²) in [7, 11) is 0. The molecule has 3 atom stereocenters. The zero-order chi connectivity index (χ0) is 14.3. The predicted molar refractivity (Wildman–Crippen MR) is 84.9 cm³/mol. The summed E-state index contributed by atoms with van der Waals surface area (Å²) in [6, 6.07) is 0. The van der Waals surface area contributed by atoms with Crippen LogP contribution in [-0.4, -0.2) is 0 Å². The zero-order valence-electron chi connectivity index (χ0n) is 14.3. The average molecular weight is 255 g/mol. The lowest BCUT2D eigenvalue weighted by molar-refractivity contribution is 0.111. The van der Waals surface area contributed by atoms with Gasteiger partial charge >= 0.3 is 0 Å². The Morgan fingerprint density at radius 2 is 1.39 bits per heavy atom. The largest absolute Gasteiger partial charge is 0.0651 e. The summed E-state index contributed by atoms with van der Waals surface area (Å²) in [5.41, 5.74) is 0.542. The molecule has 0 aliphatic carbocycles. The lowest BCUT2D eigenvalue weighted by Crippen LogP contribution is -2.29. The Morgan fingerprint density at radius 3 is 1.72 bits per heavy atom. The summed E-state index contributed by atoms with van der Waals surface area (Å²) in [5, 5.41) is 0. The van der Waals surface area contributed by atoms with E-state index in [2.05, 4.69) is 55.4 Å². The third-order valence-corrected chi connectivity index (χ3v) is 5.77. The maximum Gasteiger partial charge on any atom is -0.0300 e. The van der Waals surface area contributed by atoms with Gasteiger partial charge in [0, 0.05) is 0 Å². The second kappa shape index (κ2) is 8.23. The summed E-state index contributed by atoms with van der Waals surface area (Å²) in [6.07, 6.45) is 6.83. The van der Waals surface area contributed by atoms with E-state index in [1.807, 2.05) is 0 Å². The Kier molecular flexibility index (Phi) is 8.23. The molecule has 0 saturated carbocycles. The van der Waals surface area contributed by atoms with E-state index < -0.39 is 0 Å². The molecule has 0 amide bonds. The second-order valence-corrected chi connectivity index (χ2v) is 7.25. The van der Waals surface area contributed by atoms with Crippen molar-refractivity contribution in [2.45, 2.75) is 87.5 Å². The fourth-order valence-corrected chi connectivity index (χ4v) is 3.05. The third-order valence-electron chi connectivity index (χ3n) is 5.77. The smallest absolute Gasteiger partial charge is 0.0300 e. The minimum atomic E-state index is 0.542. The molecule has 0 nitrogen and oxygen atoms in total. The van der Waals surface area contributed by atoms with Crippen molar-refractivity contribution < 1.29 is 0 Å². The number of rotatable bonds is 9. The molecule has 0 heterocycles. The SMILES string of the molecule is CCC(CC)CC(C)(CC)C(C)CC(C)C(C)C. The van der Waals surface area contributed by atoms with Crippen LogP contribution >= 0.6 is 0 Å². The van der Waals surface area contributed by atoms with E-state index in [1.54, 1.807) is 0 Å². The molecule has 18 heavy (non-hydrogen) atoms. The van der Waals surface area contributed by atoms with Crippen molar-refractivity contribution >= 4 is 0 Å². The van der Waals surface area contributed by atoms with Gasteiger partial charge in [0.25, 0.3) is 0 Å². The van der Waals surface area contributed by atoms with Crippen molar-refractivity contribution in [2.24, 2.45) is 29.1 Å². The Bertz CT molecular complexity index is 202. The van der Waals surface area contributed by atoms with Crippen LogP contribution in [0, 0.1) is 29.1 Å². The van der Waals surface area contributed by atoms with E-state index in [0.29, 0.717) is 5.41 Å². The molecule has 0 aromatic carbocycles. The highest BCUT2D eigenvalue weighted by Crippen LogP contribution is 2.42. The molecule has 110 valence electrons. The van der Waals surface area contributed by atoms with E-state index in [9.17, 15) is 0 Å². The van der Waals surface area contributed by atoms with Gasteiger partial charge in [-0.05, 0) is 41.9 Å². The molecular formula is C18H38. The average Bonchev–Trinajstić information content (AvgIpc) is 2.35. The van der Waals surface area contributed by atoms with Crippen molar-refractivity contribution in [1.29, 1.82) is 0 Å². The van der Waals surface area contributed by atoms with Gasteiger partial charge in [-0.1, -0.05) is 74.7 Å². The third kappa shape index (κ3) is 5.33. The fraction of sp³-hybridized carbons (Fsp3) is 1.00. The summed E-state index contributed by atoms with van der Waals surface area (Å²) in [4.78, 5) is 0. The first-order chi connectivity index (χ1) is 8.30. The monoisotopic (exact) mass is 254 g/mol. The molecular weight excluding hydrogens is 216 g/mol. The van der Waals surface area contributed by atoms with E-state index in [1.165, 1.54) is 32.1 Å². The molecule has 0 radical (unpaired) electrons. The van der Waals surface area contributed by atoms with E-state index in [-0.39, 0.29) is 0 Å². The lowest BCUT2D eigenvalue weighted by atomic mass is 9.66. The molecule has 0 bridgehead atoms. The highest BCUT2D eigenvalue weighted by molar-refractivity contribution is 4.82. The summed E-state index contributed by atoms with van der Waals surface area (Å²) in [6.45, 7) is 19.3. The van der Waals surface area contributed by atoms with Crippen LogP contribution in [0.1, 0.15) is 87.5 Å². The highest BCUT2D eigenvalue weighted by atomic mass is 14.4. The summed E-state index contributed by atoms with van der Waals surface area (Å²) in [5.74, 6) is 3.45. The standard InChI is InChI=1S/C18H38/c1-9-17(10-2)13-18(8,11-3)16(7)12-15(6)14(4)5/h14-17H,9-13H2,1-8H3. The van der Waals surface area contributed by atoms with Gasteiger partial charge in [0.1, 0.15) is 0 Å². The second-order valence-electron chi connectivity index (χ2n) is 7.25. The van der Waals surface area contributed by atoms with Crippen LogP contribution in [0.15, 0.2) is 0 Å². The molecule has 0 aliphatic heterocycles. The lowest BCUT2D eigenvalue weighted by Gasteiger charge is -2.39. The van der Waals surface area contributed by atoms with Gasteiger partial charge in [-0.15, -0.1) is 0 Å². The van der Waals surface area contributed by atoms with Crippen molar-refractivity contribution in [2.75, 3.05) is 0 Å². The molecule has 0 aliphatic rings. The van der Waals surface area contributed by atoms with Crippen molar-refractivity contribution in [3.8, 4) is 0 Å². The quantitative estimate of drug-likeness (QED) is 0.438. The Balaban J connectivity index is 4.60.